The van der Waals surface area contributed by atoms with Gasteiger partial charge in [0.25, 0.3) is 0 Å². The highest BCUT2D eigenvalue weighted by atomic mass is 16.5. The van der Waals surface area contributed by atoms with E-state index in [-0.39, 0.29) is 0 Å². The maximum absolute atomic E-state index is 6.24. The van der Waals surface area contributed by atoms with Gasteiger partial charge in [-0.05, 0) is 60.2 Å². The van der Waals surface area contributed by atoms with E-state index in [9.17, 15) is 0 Å². The first-order chi connectivity index (χ1) is 10.4. The molecule has 0 radical (unpaired) electrons. The largest absolute Gasteiger partial charge is 0.381 e. The third-order valence-electron chi connectivity index (χ3n) is 7.39. The van der Waals surface area contributed by atoms with Crippen molar-refractivity contribution in [2.75, 3.05) is 7.11 Å². The predicted molar refractivity (Wildman–Crippen MR) is 93.8 cm³/mol. The molecule has 0 aromatic heterocycles. The highest BCUT2D eigenvalue weighted by molar-refractivity contribution is 5.02. The van der Waals surface area contributed by atoms with Crippen LogP contribution < -0.4 is 0 Å². The van der Waals surface area contributed by atoms with E-state index in [2.05, 4.69) is 27.7 Å². The molecule has 0 aliphatic heterocycles. The van der Waals surface area contributed by atoms with Gasteiger partial charge in [0.2, 0.25) is 0 Å². The zero-order valence-electron chi connectivity index (χ0n) is 15.6. The molecule has 1 heteroatoms. The Kier molecular flexibility index (Phi) is 4.93. The van der Waals surface area contributed by atoms with Crippen LogP contribution in [0.3, 0.4) is 0 Å². The summed E-state index contributed by atoms with van der Waals surface area (Å²) in [4.78, 5) is 0. The third-order valence-corrected chi connectivity index (χ3v) is 7.39. The molecule has 22 heavy (non-hydrogen) atoms. The van der Waals surface area contributed by atoms with Crippen molar-refractivity contribution in [1.82, 2.24) is 0 Å². The summed E-state index contributed by atoms with van der Waals surface area (Å²) in [5, 5.41) is 0. The number of hydrogen-bond donors (Lipinski definition) is 0. The Labute approximate surface area is 138 Å². The minimum Gasteiger partial charge on any atom is -0.381 e. The molecule has 0 spiro atoms. The molecular formula is C21H38O. The lowest BCUT2D eigenvalue weighted by atomic mass is 9.56. The van der Waals surface area contributed by atoms with Crippen molar-refractivity contribution in [3.8, 4) is 0 Å². The molecule has 3 rings (SSSR count). The molecule has 0 bridgehead atoms. The number of hydrogen-bond acceptors (Lipinski definition) is 1. The highest BCUT2D eigenvalue weighted by Gasteiger charge is 2.53. The summed E-state index contributed by atoms with van der Waals surface area (Å²) in [5.74, 6) is 5.42. The van der Waals surface area contributed by atoms with E-state index in [1.807, 2.05) is 7.11 Å². The minimum absolute atomic E-state index is 0.379. The molecule has 1 nitrogen and oxygen atoms in total. The lowest BCUT2D eigenvalue weighted by Crippen LogP contribution is -2.50. The summed E-state index contributed by atoms with van der Waals surface area (Å²) in [6.07, 6.45) is 12.2. The van der Waals surface area contributed by atoms with Crippen molar-refractivity contribution in [2.24, 2.45) is 40.9 Å². The van der Waals surface area contributed by atoms with E-state index in [0.29, 0.717) is 11.5 Å². The molecule has 0 N–H and O–H groups in total. The lowest BCUT2D eigenvalue weighted by molar-refractivity contribution is -0.117. The van der Waals surface area contributed by atoms with E-state index < -0.39 is 0 Å². The van der Waals surface area contributed by atoms with Crippen LogP contribution in [0, 0.1) is 40.9 Å². The second-order valence-electron chi connectivity index (χ2n) is 9.88. The van der Waals surface area contributed by atoms with Gasteiger partial charge in [0, 0.05) is 7.11 Å². The molecule has 3 aliphatic carbocycles. The quantitative estimate of drug-likeness (QED) is 0.614. The second-order valence-corrected chi connectivity index (χ2v) is 9.88. The van der Waals surface area contributed by atoms with Crippen LogP contribution in [-0.4, -0.2) is 13.2 Å². The molecule has 3 fully saturated rings. The van der Waals surface area contributed by atoms with Gasteiger partial charge in [0.15, 0.2) is 0 Å². The Hall–Kier alpha value is -0.0400. The van der Waals surface area contributed by atoms with Gasteiger partial charge in [-0.1, -0.05) is 59.8 Å². The SMILES string of the molecule is COC1C(C2CCCCC2)C2CC(C)CC2CC1C(C)(C)C. The van der Waals surface area contributed by atoms with Crippen molar-refractivity contribution in [3.63, 3.8) is 0 Å². The summed E-state index contributed by atoms with van der Waals surface area (Å²) in [6.45, 7) is 9.82. The Morgan fingerprint density at radius 1 is 0.864 bits per heavy atom. The average molecular weight is 307 g/mol. The van der Waals surface area contributed by atoms with Crippen molar-refractivity contribution in [2.45, 2.75) is 85.2 Å². The average Bonchev–Trinajstić information content (AvgIpc) is 2.85. The van der Waals surface area contributed by atoms with Gasteiger partial charge in [-0.15, -0.1) is 0 Å². The zero-order chi connectivity index (χ0) is 15.9. The maximum atomic E-state index is 6.24. The van der Waals surface area contributed by atoms with Crippen LogP contribution in [0.25, 0.3) is 0 Å². The first kappa shape index (κ1) is 16.8. The monoisotopic (exact) mass is 306 g/mol. The van der Waals surface area contributed by atoms with Crippen molar-refractivity contribution in [3.05, 3.63) is 0 Å². The van der Waals surface area contributed by atoms with Crippen LogP contribution in [0.1, 0.15) is 79.1 Å². The number of fused-ring (bicyclic) bond motifs is 1. The molecule has 0 heterocycles. The van der Waals surface area contributed by atoms with Crippen molar-refractivity contribution in [1.29, 1.82) is 0 Å². The standard InChI is InChI=1S/C21H38O/c1-14-11-16-13-18(21(2,3)4)20(22-5)19(17(16)12-14)15-9-7-6-8-10-15/h14-20H,6-13H2,1-5H3. The molecule has 0 aromatic carbocycles. The van der Waals surface area contributed by atoms with Crippen LogP contribution in [0.2, 0.25) is 0 Å². The van der Waals surface area contributed by atoms with E-state index in [4.69, 9.17) is 4.74 Å². The maximum Gasteiger partial charge on any atom is 0.0638 e. The van der Waals surface area contributed by atoms with Gasteiger partial charge in [-0.3, -0.25) is 0 Å². The molecule has 3 saturated carbocycles. The summed E-state index contributed by atoms with van der Waals surface area (Å²) < 4.78 is 6.24. The highest BCUT2D eigenvalue weighted by Crippen LogP contribution is 2.57. The van der Waals surface area contributed by atoms with Gasteiger partial charge in [0.05, 0.1) is 6.10 Å². The molecule has 0 amide bonds. The van der Waals surface area contributed by atoms with Crippen LogP contribution in [0.4, 0.5) is 0 Å². The van der Waals surface area contributed by atoms with Crippen LogP contribution >= 0.6 is 0 Å². The fourth-order valence-corrected chi connectivity index (χ4v) is 6.46. The van der Waals surface area contributed by atoms with Gasteiger partial charge in [0.1, 0.15) is 0 Å². The Bertz CT molecular complexity index is 363. The van der Waals surface area contributed by atoms with E-state index >= 15 is 0 Å². The summed E-state index contributed by atoms with van der Waals surface area (Å²) >= 11 is 0. The van der Waals surface area contributed by atoms with Gasteiger partial charge < -0.3 is 4.74 Å². The third kappa shape index (κ3) is 3.12. The van der Waals surface area contributed by atoms with E-state index in [0.717, 1.165) is 35.5 Å². The minimum atomic E-state index is 0.379. The molecule has 0 saturated heterocycles. The van der Waals surface area contributed by atoms with Gasteiger partial charge in [-0.2, -0.15) is 0 Å². The molecule has 6 atom stereocenters. The summed E-state index contributed by atoms with van der Waals surface area (Å²) in [6, 6.07) is 0. The summed E-state index contributed by atoms with van der Waals surface area (Å²) in [7, 11) is 2.00. The molecule has 0 aromatic rings. The van der Waals surface area contributed by atoms with Crippen molar-refractivity contribution < 1.29 is 4.74 Å². The van der Waals surface area contributed by atoms with Gasteiger partial charge in [-0.25, -0.2) is 0 Å². The second kappa shape index (κ2) is 6.46. The number of rotatable bonds is 2. The van der Waals surface area contributed by atoms with Gasteiger partial charge >= 0.3 is 0 Å². The molecule has 128 valence electrons. The predicted octanol–water partition coefficient (Wildman–Crippen LogP) is 5.93. The fraction of sp³-hybridized carbons (Fsp3) is 1.00. The lowest BCUT2D eigenvalue weighted by Gasteiger charge is -2.52. The van der Waals surface area contributed by atoms with Crippen LogP contribution in [-0.2, 0) is 4.74 Å². The Morgan fingerprint density at radius 2 is 1.55 bits per heavy atom. The molecule has 3 aliphatic rings. The van der Waals surface area contributed by atoms with E-state index in [1.165, 1.54) is 51.4 Å². The first-order valence-electron chi connectivity index (χ1n) is 9.94. The van der Waals surface area contributed by atoms with Crippen molar-refractivity contribution >= 4 is 0 Å². The Balaban J connectivity index is 1.89. The first-order valence-corrected chi connectivity index (χ1v) is 9.94. The number of ether oxygens (including phenoxy) is 1. The topological polar surface area (TPSA) is 9.23 Å². The van der Waals surface area contributed by atoms with Crippen LogP contribution in [0.15, 0.2) is 0 Å². The fourth-order valence-electron chi connectivity index (χ4n) is 6.46. The zero-order valence-corrected chi connectivity index (χ0v) is 15.6. The smallest absolute Gasteiger partial charge is 0.0638 e. The molecular weight excluding hydrogens is 268 g/mol. The number of methoxy groups -OCH3 is 1. The van der Waals surface area contributed by atoms with Crippen LogP contribution in [0.5, 0.6) is 0 Å². The summed E-state index contributed by atoms with van der Waals surface area (Å²) in [5.41, 5.74) is 0.379. The normalized spacial score (nSPS) is 44.0. The van der Waals surface area contributed by atoms with E-state index in [1.54, 1.807) is 0 Å². The molecule has 6 unspecified atom stereocenters. The Morgan fingerprint density at radius 3 is 2.14 bits per heavy atom.